The van der Waals surface area contributed by atoms with Gasteiger partial charge in [-0.3, -0.25) is 48.5 Å². The van der Waals surface area contributed by atoms with Crippen LogP contribution in [0.15, 0.2) is 53.7 Å². The van der Waals surface area contributed by atoms with Crippen LogP contribution in [0.1, 0.15) is 51.7 Å². The van der Waals surface area contributed by atoms with E-state index in [9.17, 15) is 28.8 Å². The van der Waals surface area contributed by atoms with E-state index >= 15 is 0 Å². The van der Waals surface area contributed by atoms with Gasteiger partial charge in [0.2, 0.25) is 17.7 Å². The zero-order valence-corrected chi connectivity index (χ0v) is 31.1. The number of nitrogens with one attached hydrogen (secondary N) is 3. The smallest absolute Gasteiger partial charge is 0.275 e. The first-order valence-electron chi connectivity index (χ1n) is 18.3. The van der Waals surface area contributed by atoms with Gasteiger partial charge in [0.15, 0.2) is 0 Å². The number of imidazole rings is 1. The van der Waals surface area contributed by atoms with Crippen LogP contribution in [0.25, 0.3) is 23.7 Å². The van der Waals surface area contributed by atoms with Crippen molar-refractivity contribution in [2.24, 2.45) is 0 Å². The molecule has 0 spiro atoms. The van der Waals surface area contributed by atoms with Gasteiger partial charge in [0.05, 0.1) is 80.2 Å². The zero-order chi connectivity index (χ0) is 40.1. The maximum Gasteiger partial charge on any atom is 0.275 e. The van der Waals surface area contributed by atoms with Crippen LogP contribution in [0.5, 0.6) is 0 Å². The quantitative estimate of drug-likeness (QED) is 0.0803. The molecule has 57 heavy (non-hydrogen) atoms. The van der Waals surface area contributed by atoms with Crippen molar-refractivity contribution in [1.82, 2.24) is 44.3 Å². The summed E-state index contributed by atoms with van der Waals surface area (Å²) in [7, 11) is 0. The first-order chi connectivity index (χ1) is 27.6. The van der Waals surface area contributed by atoms with Gasteiger partial charge < -0.3 is 29.1 Å². The normalized spacial score (nSPS) is 15.8. The summed E-state index contributed by atoms with van der Waals surface area (Å²) in [5.41, 5.74) is 3.74. The van der Waals surface area contributed by atoms with Crippen LogP contribution in [0, 0.1) is 0 Å². The number of hydrogen-bond acceptors (Lipinski definition) is 12. The summed E-state index contributed by atoms with van der Waals surface area (Å²) < 4.78 is 21.9. The Balaban J connectivity index is 0.800. The molecule has 0 saturated carbocycles. The van der Waals surface area contributed by atoms with Crippen LogP contribution < -0.4 is 27.0 Å². The molecule has 0 aliphatic carbocycles. The summed E-state index contributed by atoms with van der Waals surface area (Å²) in [6.07, 6.45) is 7.31. The molecular formula is C38H40N10O9. The van der Waals surface area contributed by atoms with Gasteiger partial charge in [-0.05, 0) is 43.7 Å². The Labute approximate surface area is 323 Å². The van der Waals surface area contributed by atoms with Crippen LogP contribution in [0.3, 0.4) is 0 Å². The molecule has 296 valence electrons. The van der Waals surface area contributed by atoms with Crippen molar-refractivity contribution in [3.05, 3.63) is 92.5 Å². The van der Waals surface area contributed by atoms with Crippen molar-refractivity contribution >= 4 is 58.9 Å². The molecule has 1 aromatic carbocycles. The summed E-state index contributed by atoms with van der Waals surface area (Å²) in [4.78, 5) is 83.9. The maximum absolute atomic E-state index is 13.2. The van der Waals surface area contributed by atoms with Gasteiger partial charge in [0.25, 0.3) is 17.4 Å². The third-order valence-corrected chi connectivity index (χ3v) is 9.46. The molecular weight excluding hydrogens is 740 g/mol. The maximum atomic E-state index is 13.2. The molecule has 19 nitrogen and oxygen atoms in total. The molecule has 1 fully saturated rings. The van der Waals surface area contributed by atoms with Crippen molar-refractivity contribution in [3.8, 4) is 0 Å². The van der Waals surface area contributed by atoms with Gasteiger partial charge in [-0.25, -0.2) is 4.68 Å². The van der Waals surface area contributed by atoms with Crippen molar-refractivity contribution < 1.29 is 38.2 Å². The third kappa shape index (κ3) is 8.35. The predicted octanol–water partition coefficient (Wildman–Crippen LogP) is -0.485. The van der Waals surface area contributed by atoms with E-state index in [1.807, 2.05) is 36.0 Å². The minimum absolute atomic E-state index is 0.00228. The van der Waals surface area contributed by atoms with Crippen molar-refractivity contribution in [3.63, 3.8) is 0 Å². The van der Waals surface area contributed by atoms with Crippen molar-refractivity contribution in [2.45, 2.75) is 45.4 Å². The molecule has 3 N–H and O–H groups in total. The SMILES string of the molecule is C=c1[nH]/c(=C\c2cn(Cc3cn(CCOCCOCCOCC(=O)Nc4cccc5c4C(=O)N(C4CCC(=O)NC4=O)C5=O)nn3)c3cccnc23)c(=O)n1CC. The molecule has 2 aliphatic rings. The highest BCUT2D eigenvalue weighted by molar-refractivity contribution is 6.26. The number of carbonyl (C=O) groups is 5. The summed E-state index contributed by atoms with van der Waals surface area (Å²) in [6.45, 7) is 8.25. The number of fused-ring (bicyclic) bond motifs is 2. The lowest BCUT2D eigenvalue weighted by molar-refractivity contribution is -0.136. The van der Waals surface area contributed by atoms with Crippen molar-refractivity contribution in [2.75, 3.05) is 45.0 Å². The van der Waals surface area contributed by atoms with E-state index in [4.69, 9.17) is 14.2 Å². The zero-order valence-electron chi connectivity index (χ0n) is 31.1. The molecule has 7 rings (SSSR count). The number of aromatic amines is 1. The Morgan fingerprint density at radius 1 is 1.00 bits per heavy atom. The van der Waals surface area contributed by atoms with Gasteiger partial charge in [-0.15, -0.1) is 5.10 Å². The number of ether oxygens (including phenoxy) is 3. The van der Waals surface area contributed by atoms with E-state index in [-0.39, 0.29) is 55.0 Å². The monoisotopic (exact) mass is 780 g/mol. The average molecular weight is 781 g/mol. The number of imide groups is 2. The number of anilines is 1. The Morgan fingerprint density at radius 3 is 2.56 bits per heavy atom. The number of carbonyl (C=O) groups excluding carboxylic acids is 5. The Kier molecular flexibility index (Phi) is 11.6. The van der Waals surface area contributed by atoms with E-state index in [0.29, 0.717) is 50.3 Å². The topological polar surface area (TPSA) is 227 Å². The molecule has 19 heteroatoms. The Hall–Kier alpha value is -6.57. The molecule has 5 amide bonds. The van der Waals surface area contributed by atoms with Gasteiger partial charge in [-0.2, -0.15) is 0 Å². The minimum atomic E-state index is -1.11. The van der Waals surface area contributed by atoms with Crippen LogP contribution in [-0.4, -0.2) is 114 Å². The van der Waals surface area contributed by atoms with Gasteiger partial charge in [-0.1, -0.05) is 17.9 Å². The lowest BCUT2D eigenvalue weighted by Gasteiger charge is -2.27. The van der Waals surface area contributed by atoms with E-state index in [1.54, 1.807) is 21.5 Å². The second kappa shape index (κ2) is 17.1. The molecule has 1 saturated heterocycles. The van der Waals surface area contributed by atoms with Crippen LogP contribution in [0.4, 0.5) is 5.69 Å². The molecule has 6 heterocycles. The van der Waals surface area contributed by atoms with Crippen molar-refractivity contribution in [1.29, 1.82) is 0 Å². The molecule has 0 radical (unpaired) electrons. The lowest BCUT2D eigenvalue weighted by Crippen LogP contribution is -2.54. The van der Waals surface area contributed by atoms with Gasteiger partial charge >= 0.3 is 0 Å². The molecule has 1 unspecified atom stereocenters. The highest BCUT2D eigenvalue weighted by Gasteiger charge is 2.45. The van der Waals surface area contributed by atoms with Crippen LogP contribution >= 0.6 is 0 Å². The fourth-order valence-electron chi connectivity index (χ4n) is 6.78. The van der Waals surface area contributed by atoms with E-state index in [1.165, 1.54) is 18.2 Å². The van der Waals surface area contributed by atoms with Crippen LogP contribution in [-0.2, 0) is 48.2 Å². The number of rotatable bonds is 17. The highest BCUT2D eigenvalue weighted by atomic mass is 16.5. The molecule has 2 aliphatic heterocycles. The fraction of sp³-hybridized carbons (Fsp3) is 0.342. The number of aromatic nitrogens is 7. The highest BCUT2D eigenvalue weighted by Crippen LogP contribution is 2.32. The molecule has 1 atom stereocenters. The second-order valence-electron chi connectivity index (χ2n) is 13.2. The number of benzene rings is 1. The first-order valence-corrected chi connectivity index (χ1v) is 18.3. The number of hydrogen-bond donors (Lipinski definition) is 3. The number of amides is 5. The Morgan fingerprint density at radius 2 is 1.79 bits per heavy atom. The fourth-order valence-corrected chi connectivity index (χ4v) is 6.78. The summed E-state index contributed by atoms with van der Waals surface area (Å²) in [5.74, 6) is -3.12. The molecule has 5 aromatic rings. The standard InChI is InChI=1S/C38H40N10O9/c1-3-47-23(2)40-28(37(47)53)18-24-19-45(29-8-5-11-39-34(24)29)20-25-21-46(44-43-25)12-13-55-14-15-56-16-17-57-22-32(50)41-27-7-4-6-26-33(27)38(54)48(36(26)52)30-9-10-31(49)42-35(30)51/h4-8,11,18-19,21,30,40H,2-3,9-10,12-17,20,22H2,1H3,(H,41,50)(H,42,49,51)/b28-18-. The third-order valence-electron chi connectivity index (χ3n) is 9.46. The summed E-state index contributed by atoms with van der Waals surface area (Å²) in [5, 5.41) is 13.7. The summed E-state index contributed by atoms with van der Waals surface area (Å²) >= 11 is 0. The van der Waals surface area contributed by atoms with E-state index < -0.39 is 35.6 Å². The number of H-pyrrole nitrogens is 1. The number of pyridine rings is 1. The number of piperidine rings is 1. The largest absolute Gasteiger partial charge is 0.377 e. The van der Waals surface area contributed by atoms with Gasteiger partial charge in [0.1, 0.15) is 29.2 Å². The second-order valence-corrected chi connectivity index (χ2v) is 13.2. The predicted molar refractivity (Wildman–Crippen MR) is 202 cm³/mol. The van der Waals surface area contributed by atoms with Gasteiger partial charge in [0, 0.05) is 30.9 Å². The lowest BCUT2D eigenvalue weighted by atomic mass is 10.0. The average Bonchev–Trinajstić information content (AvgIpc) is 3.92. The Bertz CT molecular complexity index is 2530. The van der Waals surface area contributed by atoms with E-state index in [2.05, 4.69) is 37.5 Å². The minimum Gasteiger partial charge on any atom is -0.377 e. The molecule has 4 aromatic heterocycles. The van der Waals surface area contributed by atoms with E-state index in [0.717, 1.165) is 27.2 Å². The summed E-state index contributed by atoms with van der Waals surface area (Å²) in [6, 6.07) is 7.15. The first kappa shape index (κ1) is 38.7. The van der Waals surface area contributed by atoms with Crippen LogP contribution in [0.2, 0.25) is 0 Å². The number of nitrogens with zero attached hydrogens (tertiary/aromatic N) is 7. The molecule has 0 bridgehead atoms.